The van der Waals surface area contributed by atoms with E-state index in [1.807, 2.05) is 18.2 Å². The van der Waals surface area contributed by atoms with Crippen molar-refractivity contribution in [1.29, 1.82) is 0 Å². The Morgan fingerprint density at radius 1 is 1.26 bits per heavy atom. The highest BCUT2D eigenvalue weighted by Gasteiger charge is 2.71. The lowest BCUT2D eigenvalue weighted by Crippen LogP contribution is -2.43. The minimum atomic E-state index is -0.372. The first-order chi connectivity index (χ1) is 12.7. The fourth-order valence-corrected chi connectivity index (χ4v) is 4.23. The minimum Gasteiger partial charge on any atom is -0.463 e. The number of benzene rings is 1. The van der Waals surface area contributed by atoms with E-state index in [2.05, 4.69) is 39.5 Å². The molecule has 142 valence electrons. The quantitative estimate of drug-likeness (QED) is 0.429. The normalized spacial score (nSPS) is 27.4. The smallest absolute Gasteiger partial charge is 0.342 e. The first kappa shape index (κ1) is 18.1. The van der Waals surface area contributed by atoms with Crippen molar-refractivity contribution in [2.24, 2.45) is 10.8 Å². The summed E-state index contributed by atoms with van der Waals surface area (Å²) in [7, 11) is 0. The van der Waals surface area contributed by atoms with E-state index < -0.39 is 0 Å². The Bertz CT molecular complexity index is 969. The zero-order valence-corrected chi connectivity index (χ0v) is 16.6. The number of carbonyl (C=O) groups excluding carboxylic acids is 1. The van der Waals surface area contributed by atoms with Crippen molar-refractivity contribution in [1.82, 2.24) is 0 Å². The van der Waals surface area contributed by atoms with Crippen LogP contribution in [0.2, 0.25) is 0 Å². The van der Waals surface area contributed by atoms with Crippen LogP contribution in [0.1, 0.15) is 63.4 Å². The van der Waals surface area contributed by atoms with Gasteiger partial charge in [0.25, 0.3) is 0 Å². The molecule has 4 nitrogen and oxygen atoms in total. The number of furan rings is 1. The summed E-state index contributed by atoms with van der Waals surface area (Å²) in [5.74, 6) is 6.37. The Balaban J connectivity index is 1.65. The number of hydrogen-bond acceptors (Lipinski definition) is 4. The molecular weight excluding hydrogens is 340 g/mol. The first-order valence-corrected chi connectivity index (χ1v) is 9.59. The number of rotatable bonds is 2. The fourth-order valence-electron chi connectivity index (χ4n) is 4.23. The Labute approximate surface area is 160 Å². The van der Waals surface area contributed by atoms with Crippen molar-refractivity contribution in [3.8, 4) is 11.8 Å². The van der Waals surface area contributed by atoms with Gasteiger partial charge in [-0.1, -0.05) is 39.5 Å². The SMILES string of the molecule is CCOC(=O)c1coc2cc(C#CC34OC3C(C)(C)CCC4(C)C)ccc12. The summed E-state index contributed by atoms with van der Waals surface area (Å²) >= 11 is 0. The van der Waals surface area contributed by atoms with E-state index in [1.54, 1.807) is 6.92 Å². The fraction of sp³-hybridized carbons (Fsp3) is 0.522. The van der Waals surface area contributed by atoms with Gasteiger partial charge >= 0.3 is 5.97 Å². The van der Waals surface area contributed by atoms with E-state index in [-0.39, 0.29) is 28.5 Å². The van der Waals surface area contributed by atoms with Crippen molar-refractivity contribution in [2.45, 2.75) is 59.2 Å². The maximum absolute atomic E-state index is 12.0. The second-order valence-corrected chi connectivity index (χ2v) is 8.94. The molecule has 1 aliphatic heterocycles. The van der Waals surface area contributed by atoms with Gasteiger partial charge in [-0.05, 0) is 43.4 Å². The van der Waals surface area contributed by atoms with Gasteiger partial charge in [-0.2, -0.15) is 0 Å². The summed E-state index contributed by atoms with van der Waals surface area (Å²) in [4.78, 5) is 12.0. The molecule has 0 radical (unpaired) electrons. The van der Waals surface area contributed by atoms with E-state index in [0.29, 0.717) is 17.8 Å². The predicted molar refractivity (Wildman–Crippen MR) is 103 cm³/mol. The molecule has 2 aliphatic rings. The molecule has 4 heteroatoms. The zero-order chi connectivity index (χ0) is 19.4. The van der Waals surface area contributed by atoms with Gasteiger partial charge in [0.05, 0.1) is 6.61 Å². The molecule has 2 fully saturated rings. The van der Waals surface area contributed by atoms with Crippen LogP contribution in [-0.2, 0) is 9.47 Å². The summed E-state index contributed by atoms with van der Waals surface area (Å²) < 4.78 is 16.8. The Morgan fingerprint density at radius 3 is 2.78 bits per heavy atom. The average molecular weight is 366 g/mol. The standard InChI is InChI=1S/C23H26O4/c1-6-25-19(24)17-14-26-18-13-15(7-8-16(17)18)9-10-23-20(27-23)21(2,3)11-12-22(23,4)5/h7-8,13-14,20H,6,11-12H2,1-5H3. The zero-order valence-electron chi connectivity index (χ0n) is 16.6. The molecular formula is C23H26O4. The molecule has 2 atom stereocenters. The third-order valence-electron chi connectivity index (χ3n) is 6.19. The maximum atomic E-state index is 12.0. The van der Waals surface area contributed by atoms with Gasteiger partial charge in [0.2, 0.25) is 0 Å². The summed E-state index contributed by atoms with van der Waals surface area (Å²) in [6.07, 6.45) is 3.89. The molecule has 1 aromatic heterocycles. The van der Waals surface area contributed by atoms with E-state index in [4.69, 9.17) is 13.9 Å². The average Bonchev–Trinajstić information content (AvgIpc) is 3.26. The highest BCUT2D eigenvalue weighted by Crippen LogP contribution is 2.63. The van der Waals surface area contributed by atoms with Crippen molar-refractivity contribution >= 4 is 16.9 Å². The van der Waals surface area contributed by atoms with Crippen molar-refractivity contribution < 1.29 is 18.7 Å². The van der Waals surface area contributed by atoms with Gasteiger partial charge in [0, 0.05) is 16.4 Å². The van der Waals surface area contributed by atoms with Gasteiger partial charge in [-0.15, -0.1) is 0 Å². The second kappa shape index (κ2) is 5.87. The number of carbonyl (C=O) groups is 1. The van der Waals surface area contributed by atoms with Gasteiger partial charge in [0.15, 0.2) is 5.60 Å². The summed E-state index contributed by atoms with van der Waals surface area (Å²) in [5, 5.41) is 0.747. The summed E-state index contributed by atoms with van der Waals surface area (Å²) in [6.45, 7) is 11.2. The van der Waals surface area contributed by atoms with Crippen molar-refractivity contribution in [3.05, 3.63) is 35.6 Å². The van der Waals surface area contributed by atoms with Crippen LogP contribution in [0.5, 0.6) is 0 Å². The number of epoxide rings is 1. The molecule has 0 amide bonds. The molecule has 2 aromatic rings. The lowest BCUT2D eigenvalue weighted by atomic mass is 9.61. The Morgan fingerprint density at radius 2 is 2.04 bits per heavy atom. The third kappa shape index (κ3) is 2.76. The van der Waals surface area contributed by atoms with E-state index in [0.717, 1.165) is 23.8 Å². The highest BCUT2D eigenvalue weighted by molar-refractivity contribution is 6.03. The number of hydrogen-bond donors (Lipinski definition) is 0. The summed E-state index contributed by atoms with van der Waals surface area (Å²) in [6, 6.07) is 5.66. The van der Waals surface area contributed by atoms with Gasteiger partial charge in [-0.3, -0.25) is 0 Å². The highest BCUT2D eigenvalue weighted by atomic mass is 16.6. The van der Waals surface area contributed by atoms with Crippen LogP contribution in [0.15, 0.2) is 28.9 Å². The van der Waals surface area contributed by atoms with Crippen molar-refractivity contribution in [3.63, 3.8) is 0 Å². The first-order valence-electron chi connectivity index (χ1n) is 9.59. The van der Waals surface area contributed by atoms with Crippen LogP contribution in [0.25, 0.3) is 11.0 Å². The molecule has 27 heavy (non-hydrogen) atoms. The van der Waals surface area contributed by atoms with Crippen LogP contribution in [0.4, 0.5) is 0 Å². The largest absolute Gasteiger partial charge is 0.463 e. The van der Waals surface area contributed by atoms with Crippen LogP contribution in [-0.4, -0.2) is 24.3 Å². The van der Waals surface area contributed by atoms with Crippen LogP contribution < -0.4 is 0 Å². The molecule has 1 saturated carbocycles. The minimum absolute atomic E-state index is 0.0338. The third-order valence-corrected chi connectivity index (χ3v) is 6.19. The van der Waals surface area contributed by atoms with E-state index in [1.165, 1.54) is 6.26 Å². The molecule has 0 N–H and O–H groups in total. The van der Waals surface area contributed by atoms with Gasteiger partial charge in [-0.25, -0.2) is 4.79 Å². The molecule has 2 heterocycles. The van der Waals surface area contributed by atoms with E-state index >= 15 is 0 Å². The van der Waals surface area contributed by atoms with Crippen LogP contribution in [0, 0.1) is 22.7 Å². The molecule has 1 saturated heterocycles. The number of ether oxygens (including phenoxy) is 2. The second-order valence-electron chi connectivity index (χ2n) is 8.94. The molecule has 0 bridgehead atoms. The Hall–Kier alpha value is -2.25. The predicted octanol–water partition coefficient (Wildman–Crippen LogP) is 4.94. The topological polar surface area (TPSA) is 52.0 Å². The Kier molecular flexibility index (Phi) is 3.94. The van der Waals surface area contributed by atoms with Crippen molar-refractivity contribution in [2.75, 3.05) is 6.61 Å². The molecule has 4 rings (SSSR count). The number of esters is 1. The van der Waals surface area contributed by atoms with Crippen LogP contribution in [0.3, 0.4) is 0 Å². The lowest BCUT2D eigenvalue weighted by molar-refractivity contribution is 0.0527. The summed E-state index contributed by atoms with van der Waals surface area (Å²) in [5.41, 5.74) is 1.76. The molecule has 1 aromatic carbocycles. The number of fused-ring (bicyclic) bond motifs is 2. The molecule has 0 spiro atoms. The molecule has 2 unspecified atom stereocenters. The van der Waals surface area contributed by atoms with Crippen LogP contribution >= 0.6 is 0 Å². The monoisotopic (exact) mass is 366 g/mol. The molecule has 1 aliphatic carbocycles. The maximum Gasteiger partial charge on any atom is 0.342 e. The van der Waals surface area contributed by atoms with Gasteiger partial charge < -0.3 is 13.9 Å². The van der Waals surface area contributed by atoms with Gasteiger partial charge in [0.1, 0.15) is 23.5 Å². The lowest BCUT2D eigenvalue weighted by Gasteiger charge is -2.39. The van der Waals surface area contributed by atoms with E-state index in [9.17, 15) is 4.79 Å².